The Morgan fingerprint density at radius 3 is 2.29 bits per heavy atom. The minimum Gasteiger partial charge on any atom is -0.314 e. The van der Waals surface area contributed by atoms with Gasteiger partial charge in [0.2, 0.25) is 0 Å². The highest BCUT2D eigenvalue weighted by atomic mass is 15.2. The molecule has 2 nitrogen and oxygen atoms in total. The standard InChI is InChI=1S/C19H36N2/c1-3-11-20-19(12-15-7-5-4-6-8-15)16-13-17-9-10-18(14-16)21(17)2/h15-20H,3-14H2,1-2H3. The van der Waals surface area contributed by atoms with Crippen LogP contribution in [0.3, 0.4) is 0 Å². The Bertz CT molecular complexity index is 297. The summed E-state index contributed by atoms with van der Waals surface area (Å²) < 4.78 is 0. The first kappa shape index (κ1) is 15.8. The molecule has 0 aromatic rings. The van der Waals surface area contributed by atoms with E-state index in [1.807, 2.05) is 0 Å². The number of rotatable bonds is 6. The Morgan fingerprint density at radius 1 is 1.00 bits per heavy atom. The Hall–Kier alpha value is -0.0800. The fourth-order valence-electron chi connectivity index (χ4n) is 5.34. The second-order valence-corrected chi connectivity index (χ2v) is 8.08. The Labute approximate surface area is 132 Å². The Morgan fingerprint density at radius 2 is 1.67 bits per heavy atom. The molecule has 3 aliphatic rings. The summed E-state index contributed by atoms with van der Waals surface area (Å²) >= 11 is 0. The van der Waals surface area contributed by atoms with Crippen molar-refractivity contribution >= 4 is 0 Å². The quantitative estimate of drug-likeness (QED) is 0.789. The molecular weight excluding hydrogens is 256 g/mol. The SMILES string of the molecule is CCCNC(CC1CCCCC1)C1CC2CCC(C1)N2C. The highest BCUT2D eigenvalue weighted by molar-refractivity contribution is 4.97. The Kier molecular flexibility index (Phi) is 5.61. The molecule has 3 atom stereocenters. The van der Waals surface area contributed by atoms with Crippen molar-refractivity contribution in [1.82, 2.24) is 10.2 Å². The fourth-order valence-corrected chi connectivity index (χ4v) is 5.34. The van der Waals surface area contributed by atoms with Crippen molar-refractivity contribution < 1.29 is 0 Å². The summed E-state index contributed by atoms with van der Waals surface area (Å²) in [5, 5.41) is 3.95. The number of hydrogen-bond donors (Lipinski definition) is 1. The zero-order valence-electron chi connectivity index (χ0n) is 14.3. The van der Waals surface area contributed by atoms with Crippen LogP contribution in [-0.4, -0.2) is 36.6 Å². The largest absolute Gasteiger partial charge is 0.314 e. The summed E-state index contributed by atoms with van der Waals surface area (Å²) in [7, 11) is 2.37. The van der Waals surface area contributed by atoms with Gasteiger partial charge in [-0.2, -0.15) is 0 Å². The maximum atomic E-state index is 3.95. The van der Waals surface area contributed by atoms with Gasteiger partial charge >= 0.3 is 0 Å². The first-order chi connectivity index (χ1) is 10.3. The second-order valence-electron chi connectivity index (χ2n) is 8.08. The molecule has 3 fully saturated rings. The summed E-state index contributed by atoms with van der Waals surface area (Å²) in [5.41, 5.74) is 0. The van der Waals surface area contributed by atoms with Crippen molar-refractivity contribution in [3.63, 3.8) is 0 Å². The van der Waals surface area contributed by atoms with Gasteiger partial charge in [-0.05, 0) is 64.0 Å². The third-order valence-electron chi connectivity index (χ3n) is 6.67. The molecule has 122 valence electrons. The van der Waals surface area contributed by atoms with Gasteiger partial charge in [0.05, 0.1) is 0 Å². The second kappa shape index (κ2) is 7.46. The first-order valence-electron chi connectivity index (χ1n) is 9.73. The van der Waals surface area contributed by atoms with Crippen molar-refractivity contribution in [3.8, 4) is 0 Å². The van der Waals surface area contributed by atoms with E-state index < -0.39 is 0 Å². The highest BCUT2D eigenvalue weighted by Gasteiger charge is 2.41. The van der Waals surface area contributed by atoms with E-state index in [9.17, 15) is 0 Å². The van der Waals surface area contributed by atoms with Crippen LogP contribution in [0, 0.1) is 11.8 Å². The third kappa shape index (κ3) is 3.82. The average molecular weight is 293 g/mol. The highest BCUT2D eigenvalue weighted by Crippen LogP contribution is 2.40. The molecule has 2 bridgehead atoms. The van der Waals surface area contributed by atoms with Gasteiger partial charge in [-0.3, -0.25) is 0 Å². The van der Waals surface area contributed by atoms with E-state index in [2.05, 4.69) is 24.2 Å². The van der Waals surface area contributed by atoms with Gasteiger partial charge in [0.25, 0.3) is 0 Å². The first-order valence-corrected chi connectivity index (χ1v) is 9.73. The lowest BCUT2D eigenvalue weighted by Crippen LogP contribution is -2.47. The Balaban J connectivity index is 1.58. The van der Waals surface area contributed by atoms with Gasteiger partial charge in [0.1, 0.15) is 0 Å². The van der Waals surface area contributed by atoms with E-state index in [1.54, 1.807) is 0 Å². The molecule has 0 amide bonds. The van der Waals surface area contributed by atoms with Crippen LogP contribution in [0.4, 0.5) is 0 Å². The maximum Gasteiger partial charge on any atom is 0.00991 e. The van der Waals surface area contributed by atoms with Crippen molar-refractivity contribution in [2.75, 3.05) is 13.6 Å². The predicted molar refractivity (Wildman–Crippen MR) is 90.6 cm³/mol. The van der Waals surface area contributed by atoms with Crippen LogP contribution in [-0.2, 0) is 0 Å². The summed E-state index contributed by atoms with van der Waals surface area (Å²) in [6, 6.07) is 2.60. The molecule has 0 aromatic heterocycles. The van der Waals surface area contributed by atoms with E-state index in [4.69, 9.17) is 0 Å². The topological polar surface area (TPSA) is 15.3 Å². The van der Waals surface area contributed by atoms with E-state index in [0.29, 0.717) is 0 Å². The molecule has 2 heteroatoms. The molecule has 2 aliphatic heterocycles. The minimum absolute atomic E-state index is 0.810. The predicted octanol–water partition coefficient (Wildman–Crippen LogP) is 4.20. The maximum absolute atomic E-state index is 3.95. The molecule has 21 heavy (non-hydrogen) atoms. The molecule has 1 N–H and O–H groups in total. The van der Waals surface area contributed by atoms with Crippen molar-refractivity contribution in [2.45, 2.75) is 95.7 Å². The molecule has 3 rings (SSSR count). The van der Waals surface area contributed by atoms with Crippen LogP contribution in [0.5, 0.6) is 0 Å². The lowest BCUT2D eigenvalue weighted by atomic mass is 9.77. The lowest BCUT2D eigenvalue weighted by Gasteiger charge is -2.41. The zero-order valence-corrected chi connectivity index (χ0v) is 14.3. The van der Waals surface area contributed by atoms with Crippen LogP contribution in [0.15, 0.2) is 0 Å². The molecule has 1 saturated carbocycles. The molecule has 1 aliphatic carbocycles. The monoisotopic (exact) mass is 292 g/mol. The number of nitrogens with one attached hydrogen (secondary N) is 1. The van der Waals surface area contributed by atoms with E-state index in [0.717, 1.165) is 30.0 Å². The number of piperidine rings is 1. The van der Waals surface area contributed by atoms with Crippen molar-refractivity contribution in [2.24, 2.45) is 11.8 Å². The number of fused-ring (bicyclic) bond motifs is 2. The summed E-state index contributed by atoms with van der Waals surface area (Å²) in [6.45, 7) is 3.53. The van der Waals surface area contributed by atoms with Gasteiger partial charge in [-0.15, -0.1) is 0 Å². The van der Waals surface area contributed by atoms with Crippen molar-refractivity contribution in [1.29, 1.82) is 0 Å². The normalized spacial score (nSPS) is 36.0. The van der Waals surface area contributed by atoms with Gasteiger partial charge in [-0.1, -0.05) is 39.0 Å². The van der Waals surface area contributed by atoms with E-state index in [-0.39, 0.29) is 0 Å². The zero-order chi connectivity index (χ0) is 14.7. The van der Waals surface area contributed by atoms with E-state index in [1.165, 1.54) is 77.2 Å². The molecule has 2 saturated heterocycles. The van der Waals surface area contributed by atoms with Gasteiger partial charge < -0.3 is 10.2 Å². The smallest absolute Gasteiger partial charge is 0.00991 e. The minimum atomic E-state index is 0.810. The molecule has 3 unspecified atom stereocenters. The van der Waals surface area contributed by atoms with E-state index >= 15 is 0 Å². The lowest BCUT2D eigenvalue weighted by molar-refractivity contribution is 0.102. The molecule has 0 aromatic carbocycles. The molecule has 0 radical (unpaired) electrons. The molecule has 2 heterocycles. The number of nitrogens with zero attached hydrogens (tertiary/aromatic N) is 1. The summed E-state index contributed by atoms with van der Waals surface area (Å²) in [4.78, 5) is 2.69. The van der Waals surface area contributed by atoms with Gasteiger partial charge in [0, 0.05) is 18.1 Å². The van der Waals surface area contributed by atoms with Crippen LogP contribution >= 0.6 is 0 Å². The fraction of sp³-hybridized carbons (Fsp3) is 1.00. The summed E-state index contributed by atoms with van der Waals surface area (Å²) in [5.74, 6) is 1.97. The van der Waals surface area contributed by atoms with Gasteiger partial charge in [-0.25, -0.2) is 0 Å². The summed E-state index contributed by atoms with van der Waals surface area (Å²) in [6.07, 6.45) is 16.1. The van der Waals surface area contributed by atoms with Gasteiger partial charge in [0.15, 0.2) is 0 Å². The molecular formula is C19H36N2. The average Bonchev–Trinajstić information content (AvgIpc) is 2.74. The van der Waals surface area contributed by atoms with Crippen LogP contribution in [0.1, 0.15) is 77.6 Å². The third-order valence-corrected chi connectivity index (χ3v) is 6.67. The van der Waals surface area contributed by atoms with Crippen LogP contribution < -0.4 is 5.32 Å². The van der Waals surface area contributed by atoms with Crippen molar-refractivity contribution in [3.05, 3.63) is 0 Å². The molecule has 0 spiro atoms. The van der Waals surface area contributed by atoms with Crippen LogP contribution in [0.25, 0.3) is 0 Å². The number of hydrogen-bond acceptors (Lipinski definition) is 2. The van der Waals surface area contributed by atoms with Crippen LogP contribution in [0.2, 0.25) is 0 Å².